The zero-order chi connectivity index (χ0) is 23.3. The average Bonchev–Trinajstić information content (AvgIpc) is 3.65. The van der Waals surface area contributed by atoms with Crippen molar-refractivity contribution < 1.29 is 19.1 Å². The van der Waals surface area contributed by atoms with Gasteiger partial charge in [-0.25, -0.2) is 9.18 Å². The van der Waals surface area contributed by atoms with Crippen LogP contribution in [0.1, 0.15) is 39.6 Å². The average molecular weight is 514 g/mol. The molecule has 1 N–H and O–H groups in total. The first-order chi connectivity index (χ1) is 15.8. The highest BCUT2D eigenvalue weighted by atomic mass is 79.9. The molecule has 1 aliphatic heterocycles. The molecular formula is C24H21BrFN3O4. The summed E-state index contributed by atoms with van der Waals surface area (Å²) in [5.41, 5.74) is 0.477. The fourth-order valence-corrected chi connectivity index (χ4v) is 4.60. The fraction of sp³-hybridized carbons (Fsp3) is 0.292. The normalized spacial score (nSPS) is 16.3. The summed E-state index contributed by atoms with van der Waals surface area (Å²) in [6.45, 7) is 1.79. The lowest BCUT2D eigenvalue weighted by molar-refractivity contribution is 0.0693. The number of benzene rings is 2. The van der Waals surface area contributed by atoms with Crippen LogP contribution in [0.5, 0.6) is 0 Å². The van der Waals surface area contributed by atoms with E-state index in [1.807, 2.05) is 17.0 Å². The van der Waals surface area contributed by atoms with Crippen molar-refractivity contribution in [3.63, 3.8) is 0 Å². The number of halogens is 2. The van der Waals surface area contributed by atoms with Crippen molar-refractivity contribution in [3.05, 3.63) is 74.2 Å². The predicted molar refractivity (Wildman–Crippen MR) is 126 cm³/mol. The van der Waals surface area contributed by atoms with Crippen molar-refractivity contribution in [1.29, 1.82) is 0 Å². The van der Waals surface area contributed by atoms with Gasteiger partial charge in [-0.05, 0) is 49.2 Å². The molecule has 1 aromatic heterocycles. The van der Waals surface area contributed by atoms with E-state index in [2.05, 4.69) is 15.9 Å². The molecule has 2 heterocycles. The standard InChI is InChI=1S/C24H21BrFN3O4/c25-15-3-1-14(2-4-15)23(31)28-9-7-27(8-10-28)21-12-20-17(11-19(21)26)22(30)18(24(32)33)13-29(20)16-5-6-16/h1-4,11-13,16H,5-10H2,(H,32,33). The van der Waals surface area contributed by atoms with E-state index in [0.29, 0.717) is 42.9 Å². The van der Waals surface area contributed by atoms with E-state index in [1.165, 1.54) is 6.20 Å². The minimum absolute atomic E-state index is 0.0649. The van der Waals surface area contributed by atoms with Gasteiger partial charge in [-0.1, -0.05) is 15.9 Å². The van der Waals surface area contributed by atoms with Crippen molar-refractivity contribution in [2.75, 3.05) is 31.1 Å². The number of carbonyl (C=O) groups is 2. The quantitative estimate of drug-likeness (QED) is 0.572. The van der Waals surface area contributed by atoms with Gasteiger partial charge in [0.2, 0.25) is 5.43 Å². The van der Waals surface area contributed by atoms with Gasteiger partial charge < -0.3 is 19.5 Å². The first kappa shape index (κ1) is 21.6. The third-order valence-electron chi connectivity index (χ3n) is 6.27. The summed E-state index contributed by atoms with van der Waals surface area (Å²) in [4.78, 5) is 40.6. The Balaban J connectivity index is 1.43. The highest BCUT2D eigenvalue weighted by Gasteiger charge is 2.29. The van der Waals surface area contributed by atoms with Gasteiger partial charge >= 0.3 is 5.97 Å². The summed E-state index contributed by atoms with van der Waals surface area (Å²) >= 11 is 3.36. The molecule has 7 nitrogen and oxygen atoms in total. The highest BCUT2D eigenvalue weighted by molar-refractivity contribution is 9.10. The lowest BCUT2D eigenvalue weighted by Crippen LogP contribution is -2.49. The number of rotatable bonds is 4. The summed E-state index contributed by atoms with van der Waals surface area (Å²) in [7, 11) is 0. The Morgan fingerprint density at radius 3 is 2.30 bits per heavy atom. The summed E-state index contributed by atoms with van der Waals surface area (Å²) in [5.74, 6) is -1.95. The molecule has 0 atom stereocenters. The van der Waals surface area contributed by atoms with Crippen LogP contribution in [-0.2, 0) is 0 Å². The van der Waals surface area contributed by atoms with E-state index in [1.54, 1.807) is 27.7 Å². The van der Waals surface area contributed by atoms with Gasteiger partial charge in [-0.3, -0.25) is 9.59 Å². The molecule has 1 aliphatic carbocycles. The van der Waals surface area contributed by atoms with Crippen LogP contribution in [0.4, 0.5) is 10.1 Å². The number of aromatic nitrogens is 1. The van der Waals surface area contributed by atoms with E-state index in [9.17, 15) is 19.5 Å². The Hall–Kier alpha value is -3.20. The molecule has 9 heteroatoms. The maximum Gasteiger partial charge on any atom is 0.341 e. The first-order valence-corrected chi connectivity index (χ1v) is 11.5. The fourth-order valence-electron chi connectivity index (χ4n) is 4.33. The van der Waals surface area contributed by atoms with Crippen molar-refractivity contribution in [2.45, 2.75) is 18.9 Å². The number of nitrogens with zero attached hydrogens (tertiary/aromatic N) is 3. The molecule has 0 bridgehead atoms. The molecule has 170 valence electrons. The Kier molecular flexibility index (Phi) is 5.44. The molecule has 1 amide bonds. The number of anilines is 1. The van der Waals surface area contributed by atoms with Crippen LogP contribution in [0.25, 0.3) is 10.9 Å². The number of fused-ring (bicyclic) bond motifs is 1. The number of pyridine rings is 1. The third-order valence-corrected chi connectivity index (χ3v) is 6.80. The highest BCUT2D eigenvalue weighted by Crippen LogP contribution is 2.38. The SMILES string of the molecule is O=C(O)c1cn(C2CC2)c2cc(N3CCN(C(=O)c4ccc(Br)cc4)CC3)c(F)cc2c1=O. The van der Waals surface area contributed by atoms with Crippen LogP contribution < -0.4 is 10.3 Å². The number of carboxylic acid groups (broad SMARTS) is 1. The van der Waals surface area contributed by atoms with Crippen molar-refractivity contribution in [1.82, 2.24) is 9.47 Å². The van der Waals surface area contributed by atoms with Gasteiger partial charge in [0, 0.05) is 53.8 Å². The number of carbonyl (C=O) groups excluding carboxylic acids is 1. The van der Waals surface area contributed by atoms with E-state index in [4.69, 9.17) is 0 Å². The van der Waals surface area contributed by atoms with Crippen LogP contribution in [0.15, 0.2) is 51.9 Å². The third kappa shape index (κ3) is 4.01. The van der Waals surface area contributed by atoms with Crippen LogP contribution in [0.3, 0.4) is 0 Å². The molecule has 0 spiro atoms. The number of amides is 1. The minimum atomic E-state index is -1.31. The molecule has 5 rings (SSSR count). The Morgan fingerprint density at radius 2 is 1.70 bits per heavy atom. The van der Waals surface area contributed by atoms with Crippen LogP contribution >= 0.6 is 15.9 Å². The Bertz CT molecular complexity index is 1330. The monoisotopic (exact) mass is 513 g/mol. The largest absolute Gasteiger partial charge is 0.477 e. The maximum atomic E-state index is 15.1. The lowest BCUT2D eigenvalue weighted by atomic mass is 10.1. The van der Waals surface area contributed by atoms with Gasteiger partial charge in [-0.15, -0.1) is 0 Å². The van der Waals surface area contributed by atoms with Crippen molar-refractivity contribution >= 4 is 44.4 Å². The predicted octanol–water partition coefficient (Wildman–Crippen LogP) is 3.90. The van der Waals surface area contributed by atoms with Gasteiger partial charge in [0.25, 0.3) is 5.91 Å². The molecule has 33 heavy (non-hydrogen) atoms. The first-order valence-electron chi connectivity index (χ1n) is 10.7. The summed E-state index contributed by atoms with van der Waals surface area (Å²) < 4.78 is 17.8. The zero-order valence-corrected chi connectivity index (χ0v) is 19.2. The molecule has 1 saturated carbocycles. The van der Waals surface area contributed by atoms with Crippen LogP contribution in [0.2, 0.25) is 0 Å². The number of piperazine rings is 1. The summed E-state index contributed by atoms with van der Waals surface area (Å²) in [6.07, 6.45) is 3.16. The van der Waals surface area contributed by atoms with Gasteiger partial charge in [0.05, 0.1) is 11.2 Å². The van der Waals surface area contributed by atoms with Gasteiger partial charge in [0.1, 0.15) is 11.4 Å². The second kappa shape index (κ2) is 8.30. The van der Waals surface area contributed by atoms with E-state index >= 15 is 4.39 Å². The van der Waals surface area contributed by atoms with Crippen molar-refractivity contribution in [2.24, 2.45) is 0 Å². The lowest BCUT2D eigenvalue weighted by Gasteiger charge is -2.36. The Labute approximate surface area is 197 Å². The smallest absolute Gasteiger partial charge is 0.341 e. The number of hydrogen-bond acceptors (Lipinski definition) is 4. The van der Waals surface area contributed by atoms with E-state index < -0.39 is 17.2 Å². The zero-order valence-electron chi connectivity index (χ0n) is 17.6. The summed E-state index contributed by atoms with van der Waals surface area (Å²) in [6, 6.07) is 10.1. The van der Waals surface area contributed by atoms with Crippen LogP contribution in [-0.4, -0.2) is 52.6 Å². The number of aromatic carboxylic acids is 1. The van der Waals surface area contributed by atoms with E-state index in [-0.39, 0.29) is 22.9 Å². The van der Waals surface area contributed by atoms with E-state index in [0.717, 1.165) is 23.4 Å². The van der Waals surface area contributed by atoms with Crippen molar-refractivity contribution in [3.8, 4) is 0 Å². The van der Waals surface area contributed by atoms with Gasteiger partial charge in [0.15, 0.2) is 0 Å². The van der Waals surface area contributed by atoms with Crippen LogP contribution in [0, 0.1) is 5.82 Å². The topological polar surface area (TPSA) is 82.8 Å². The molecule has 2 aliphatic rings. The molecule has 0 unspecified atom stereocenters. The van der Waals surface area contributed by atoms with Gasteiger partial charge in [-0.2, -0.15) is 0 Å². The summed E-state index contributed by atoms with van der Waals surface area (Å²) in [5, 5.41) is 9.47. The molecule has 1 saturated heterocycles. The maximum absolute atomic E-state index is 15.1. The second-order valence-electron chi connectivity index (χ2n) is 8.42. The molecule has 2 aromatic carbocycles. The second-order valence-corrected chi connectivity index (χ2v) is 9.34. The molecular weight excluding hydrogens is 493 g/mol. The minimum Gasteiger partial charge on any atom is -0.477 e. The molecule has 3 aromatic rings. The molecule has 2 fully saturated rings. The Morgan fingerprint density at radius 1 is 1.03 bits per heavy atom. The number of carboxylic acids is 1. The molecule has 0 radical (unpaired) electrons. The number of hydrogen-bond donors (Lipinski definition) is 1.